The van der Waals surface area contributed by atoms with Crippen molar-refractivity contribution in [1.29, 1.82) is 0 Å². The van der Waals surface area contributed by atoms with E-state index in [0.717, 1.165) is 36.3 Å². The summed E-state index contributed by atoms with van der Waals surface area (Å²) in [7, 11) is 1.60. The summed E-state index contributed by atoms with van der Waals surface area (Å²) in [6.07, 6.45) is -0.225. The molecule has 4 rings (SSSR count). The third kappa shape index (κ3) is 6.54. The predicted molar refractivity (Wildman–Crippen MR) is 133 cm³/mol. The lowest BCUT2D eigenvalue weighted by Crippen LogP contribution is -2.22. The second-order valence-corrected chi connectivity index (χ2v) is 8.56. The summed E-state index contributed by atoms with van der Waals surface area (Å²) in [4.78, 5) is 25.5. The molecule has 4 aromatic rings. The van der Waals surface area contributed by atoms with Crippen molar-refractivity contribution < 1.29 is 22.7 Å². The lowest BCUT2D eigenvalue weighted by molar-refractivity contribution is -0.137. The number of methoxy groups -OCH3 is 1. The van der Waals surface area contributed by atoms with Gasteiger partial charge in [-0.1, -0.05) is 18.6 Å². The first-order valence-electron chi connectivity index (χ1n) is 11.8. The van der Waals surface area contributed by atoms with Gasteiger partial charge in [0.1, 0.15) is 11.3 Å². The van der Waals surface area contributed by atoms with Crippen molar-refractivity contribution in [3.63, 3.8) is 0 Å². The third-order valence-electron chi connectivity index (χ3n) is 5.89. The number of anilines is 1. The van der Waals surface area contributed by atoms with Crippen molar-refractivity contribution in [2.24, 2.45) is 0 Å². The van der Waals surface area contributed by atoms with Gasteiger partial charge in [0.05, 0.1) is 19.0 Å². The van der Waals surface area contributed by atoms with Crippen LogP contribution in [0.3, 0.4) is 0 Å². The van der Waals surface area contributed by atoms with Crippen molar-refractivity contribution in [2.45, 2.75) is 44.9 Å². The zero-order valence-corrected chi connectivity index (χ0v) is 20.3. The van der Waals surface area contributed by atoms with Gasteiger partial charge in [-0.3, -0.25) is 4.79 Å². The maximum Gasteiger partial charge on any atom is 0.416 e. The molecule has 0 saturated carbocycles. The lowest BCUT2D eigenvalue weighted by Gasteiger charge is -2.10. The minimum absolute atomic E-state index is 0.0570. The Hall–Kier alpha value is -4.15. The van der Waals surface area contributed by atoms with E-state index >= 15 is 0 Å². The SMILES string of the molecule is COc1ccc(-c2nc(N)c3ncn(CCCCCC(=O)NCc4cccc(C(F)(F)F)c4)c3n2)cc1. The third-order valence-corrected chi connectivity index (χ3v) is 5.89. The number of carbonyl (C=O) groups excluding carboxylic acids is 1. The molecule has 0 aliphatic heterocycles. The number of fused-ring (bicyclic) bond motifs is 1. The Morgan fingerprint density at radius 2 is 1.86 bits per heavy atom. The number of nitrogens with two attached hydrogens (primary N) is 1. The molecule has 2 heterocycles. The number of nitrogens with one attached hydrogen (secondary N) is 1. The number of halogens is 3. The van der Waals surface area contributed by atoms with Crippen molar-refractivity contribution in [2.75, 3.05) is 12.8 Å². The second kappa shape index (κ2) is 11.3. The highest BCUT2D eigenvalue weighted by Crippen LogP contribution is 2.29. The number of alkyl halides is 3. The van der Waals surface area contributed by atoms with Gasteiger partial charge in [-0.15, -0.1) is 0 Å². The molecular formula is C26H27F3N6O2. The number of ether oxygens (including phenoxy) is 1. The molecule has 0 saturated heterocycles. The van der Waals surface area contributed by atoms with Gasteiger partial charge in [-0.05, 0) is 54.8 Å². The number of hydrogen-bond acceptors (Lipinski definition) is 6. The fourth-order valence-electron chi connectivity index (χ4n) is 3.89. The van der Waals surface area contributed by atoms with E-state index in [9.17, 15) is 18.0 Å². The maximum absolute atomic E-state index is 12.8. The number of imidazole rings is 1. The molecule has 11 heteroatoms. The fraction of sp³-hybridized carbons (Fsp3) is 0.308. The second-order valence-electron chi connectivity index (χ2n) is 8.56. The van der Waals surface area contributed by atoms with Crippen molar-refractivity contribution >= 4 is 22.9 Å². The summed E-state index contributed by atoms with van der Waals surface area (Å²) in [5.41, 5.74) is 7.78. The summed E-state index contributed by atoms with van der Waals surface area (Å²) in [6.45, 7) is 0.697. The van der Waals surface area contributed by atoms with E-state index in [1.54, 1.807) is 19.5 Å². The molecule has 0 fully saturated rings. The smallest absolute Gasteiger partial charge is 0.416 e. The zero-order chi connectivity index (χ0) is 26.4. The van der Waals surface area contributed by atoms with Crippen LogP contribution in [0.15, 0.2) is 54.9 Å². The maximum atomic E-state index is 12.8. The summed E-state index contributed by atoms with van der Waals surface area (Å²) in [6, 6.07) is 12.3. The number of benzene rings is 2. The summed E-state index contributed by atoms with van der Waals surface area (Å²) < 4.78 is 45.6. The first kappa shape index (κ1) is 25.9. The molecule has 37 heavy (non-hydrogen) atoms. The van der Waals surface area contributed by atoms with E-state index in [2.05, 4.69) is 20.3 Å². The van der Waals surface area contributed by atoms with E-state index in [1.165, 1.54) is 6.07 Å². The van der Waals surface area contributed by atoms with Gasteiger partial charge in [0.15, 0.2) is 17.3 Å². The monoisotopic (exact) mass is 512 g/mol. The first-order chi connectivity index (χ1) is 17.7. The van der Waals surface area contributed by atoms with Crippen LogP contribution in [0.5, 0.6) is 5.75 Å². The molecule has 0 atom stereocenters. The van der Waals surface area contributed by atoms with Crippen molar-refractivity contribution in [1.82, 2.24) is 24.8 Å². The van der Waals surface area contributed by atoms with E-state index in [0.29, 0.717) is 47.8 Å². The van der Waals surface area contributed by atoms with Crippen LogP contribution >= 0.6 is 0 Å². The number of nitrogens with zero attached hydrogens (tertiary/aromatic N) is 4. The van der Waals surface area contributed by atoms with Gasteiger partial charge in [-0.2, -0.15) is 13.2 Å². The number of aryl methyl sites for hydroxylation is 1. The Labute approximate surface area is 211 Å². The molecule has 3 N–H and O–H groups in total. The standard InChI is InChI=1S/C26H27F3N6O2/c1-37-20-11-9-18(10-12-20)24-33-23(30)22-25(34-24)35(16-32-22)13-4-2-3-8-21(36)31-15-17-6-5-7-19(14-17)26(27,28)29/h5-7,9-12,14,16H,2-4,8,13,15H2,1H3,(H,31,36)(H2,30,33,34). The van der Waals surface area contributed by atoms with Crippen LogP contribution in [0.4, 0.5) is 19.0 Å². The van der Waals surface area contributed by atoms with Crippen LogP contribution in [0.25, 0.3) is 22.6 Å². The van der Waals surface area contributed by atoms with Gasteiger partial charge >= 0.3 is 6.18 Å². The molecule has 2 aromatic heterocycles. The molecule has 8 nitrogen and oxygen atoms in total. The van der Waals surface area contributed by atoms with Crippen LogP contribution in [0, 0.1) is 0 Å². The number of hydrogen-bond donors (Lipinski definition) is 2. The van der Waals surface area contributed by atoms with Gasteiger partial charge in [0, 0.05) is 25.1 Å². The van der Waals surface area contributed by atoms with Crippen LogP contribution in [-0.2, 0) is 24.1 Å². The van der Waals surface area contributed by atoms with Crippen LogP contribution < -0.4 is 15.8 Å². The van der Waals surface area contributed by atoms with E-state index in [4.69, 9.17) is 10.5 Å². The van der Waals surface area contributed by atoms with Gasteiger partial charge < -0.3 is 20.4 Å². The highest BCUT2D eigenvalue weighted by Gasteiger charge is 2.30. The molecule has 0 aliphatic rings. The first-order valence-corrected chi connectivity index (χ1v) is 11.8. The normalized spacial score (nSPS) is 11.6. The average Bonchev–Trinajstić information content (AvgIpc) is 3.30. The van der Waals surface area contributed by atoms with Gasteiger partial charge in [0.25, 0.3) is 0 Å². The quantitative estimate of drug-likeness (QED) is 0.290. The largest absolute Gasteiger partial charge is 0.497 e. The lowest BCUT2D eigenvalue weighted by atomic mass is 10.1. The summed E-state index contributed by atoms with van der Waals surface area (Å²) >= 11 is 0. The van der Waals surface area contributed by atoms with E-state index < -0.39 is 11.7 Å². The summed E-state index contributed by atoms with van der Waals surface area (Å²) in [5.74, 6) is 1.32. The fourth-order valence-corrected chi connectivity index (χ4v) is 3.89. The minimum atomic E-state index is -4.41. The van der Waals surface area contributed by atoms with Crippen LogP contribution in [0.2, 0.25) is 0 Å². The number of unbranched alkanes of at least 4 members (excludes halogenated alkanes) is 2. The van der Waals surface area contributed by atoms with Crippen LogP contribution in [0.1, 0.15) is 36.8 Å². The van der Waals surface area contributed by atoms with E-state index in [-0.39, 0.29) is 12.5 Å². The molecule has 0 bridgehead atoms. The topological polar surface area (TPSA) is 108 Å². The Kier molecular flexibility index (Phi) is 7.90. The number of rotatable bonds is 10. The Morgan fingerprint density at radius 3 is 2.59 bits per heavy atom. The molecule has 194 valence electrons. The minimum Gasteiger partial charge on any atom is -0.497 e. The molecule has 0 radical (unpaired) electrons. The summed E-state index contributed by atoms with van der Waals surface area (Å²) in [5, 5.41) is 2.68. The Morgan fingerprint density at radius 1 is 1.08 bits per heavy atom. The molecule has 1 amide bonds. The average molecular weight is 513 g/mol. The van der Waals surface area contributed by atoms with Gasteiger partial charge in [0.2, 0.25) is 5.91 Å². The van der Waals surface area contributed by atoms with E-state index in [1.807, 2.05) is 28.8 Å². The highest BCUT2D eigenvalue weighted by atomic mass is 19.4. The number of carbonyl (C=O) groups is 1. The van der Waals surface area contributed by atoms with Crippen molar-refractivity contribution in [3.8, 4) is 17.1 Å². The van der Waals surface area contributed by atoms with Crippen LogP contribution in [-0.4, -0.2) is 32.5 Å². The molecule has 0 unspecified atom stereocenters. The Bertz CT molecular complexity index is 1370. The molecule has 0 aliphatic carbocycles. The Balaban J connectivity index is 1.27. The van der Waals surface area contributed by atoms with Crippen molar-refractivity contribution in [3.05, 3.63) is 66.0 Å². The highest BCUT2D eigenvalue weighted by molar-refractivity contribution is 5.83. The number of amides is 1. The number of nitrogen functional groups attached to an aromatic ring is 1. The molecular weight excluding hydrogens is 485 g/mol. The number of aromatic nitrogens is 4. The molecule has 0 spiro atoms. The molecule has 2 aromatic carbocycles. The zero-order valence-electron chi connectivity index (χ0n) is 20.3. The predicted octanol–water partition coefficient (Wildman–Crippen LogP) is 4.98. The van der Waals surface area contributed by atoms with Gasteiger partial charge in [-0.25, -0.2) is 15.0 Å².